The Labute approximate surface area is 94.6 Å². The van der Waals surface area contributed by atoms with Crippen LogP contribution in [-0.2, 0) is 9.53 Å². The molecule has 0 bridgehead atoms. The first-order chi connectivity index (χ1) is 7.79. The topological polar surface area (TPSA) is 47.6 Å². The van der Waals surface area contributed by atoms with Crippen molar-refractivity contribution in [1.29, 1.82) is 0 Å². The summed E-state index contributed by atoms with van der Waals surface area (Å²) >= 11 is 0. The molecule has 0 aliphatic carbocycles. The Hall–Kier alpha value is -1.55. The second kappa shape index (κ2) is 4.99. The minimum absolute atomic E-state index is 0.0478. The molecule has 1 atom stereocenters. The van der Waals surface area contributed by atoms with E-state index in [4.69, 9.17) is 9.47 Å². The Kier molecular flexibility index (Phi) is 3.41. The molecule has 1 aromatic rings. The highest BCUT2D eigenvalue weighted by atomic mass is 16.5. The summed E-state index contributed by atoms with van der Waals surface area (Å²) in [7, 11) is 0. The summed E-state index contributed by atoms with van der Waals surface area (Å²) in [6.07, 6.45) is -0.0478. The maximum absolute atomic E-state index is 10.9. The number of carbonyl (C=O) groups is 1. The van der Waals surface area contributed by atoms with Gasteiger partial charge in [0.1, 0.15) is 18.5 Å². The normalized spacial score (nSPS) is 20.3. The quantitative estimate of drug-likeness (QED) is 0.836. The fourth-order valence-corrected chi connectivity index (χ4v) is 1.65. The predicted molar refractivity (Wildman–Crippen MR) is 59.3 cm³/mol. The highest BCUT2D eigenvalue weighted by Gasteiger charge is 2.19. The Morgan fingerprint density at radius 1 is 1.44 bits per heavy atom. The van der Waals surface area contributed by atoms with Crippen molar-refractivity contribution in [3.8, 4) is 5.75 Å². The lowest BCUT2D eigenvalue weighted by atomic mass is 10.1. The lowest BCUT2D eigenvalue weighted by Gasteiger charge is -2.23. The molecule has 2 rings (SSSR count). The minimum atomic E-state index is -0.0535. The SMILES string of the molecule is CCOc1ccc(C2CNC(=O)CO2)cc1. The van der Waals surface area contributed by atoms with E-state index < -0.39 is 0 Å². The molecule has 0 aromatic heterocycles. The van der Waals surface area contributed by atoms with E-state index in [1.807, 2.05) is 31.2 Å². The summed E-state index contributed by atoms with van der Waals surface area (Å²) in [5.74, 6) is 0.799. The van der Waals surface area contributed by atoms with Crippen LogP contribution in [0.25, 0.3) is 0 Å². The highest BCUT2D eigenvalue weighted by Crippen LogP contribution is 2.21. The van der Waals surface area contributed by atoms with Crippen molar-refractivity contribution in [2.45, 2.75) is 13.0 Å². The number of amides is 1. The molecule has 86 valence electrons. The fourth-order valence-electron chi connectivity index (χ4n) is 1.65. The molecule has 1 unspecified atom stereocenters. The first-order valence-electron chi connectivity index (χ1n) is 5.40. The van der Waals surface area contributed by atoms with E-state index in [1.54, 1.807) is 0 Å². The average Bonchev–Trinajstić information content (AvgIpc) is 2.32. The van der Waals surface area contributed by atoms with Gasteiger partial charge in [0.05, 0.1) is 6.61 Å². The molecule has 0 spiro atoms. The van der Waals surface area contributed by atoms with Crippen molar-refractivity contribution in [3.63, 3.8) is 0 Å². The number of hydrogen-bond acceptors (Lipinski definition) is 3. The molecule has 1 saturated heterocycles. The smallest absolute Gasteiger partial charge is 0.246 e. The molecule has 1 aliphatic rings. The lowest BCUT2D eigenvalue weighted by Crippen LogP contribution is -2.38. The molecule has 1 aliphatic heterocycles. The van der Waals surface area contributed by atoms with Crippen LogP contribution in [0.2, 0.25) is 0 Å². The molecule has 1 amide bonds. The third kappa shape index (κ3) is 2.52. The molecule has 1 N–H and O–H groups in total. The van der Waals surface area contributed by atoms with Crippen molar-refractivity contribution in [3.05, 3.63) is 29.8 Å². The monoisotopic (exact) mass is 221 g/mol. The van der Waals surface area contributed by atoms with E-state index >= 15 is 0 Å². The predicted octanol–water partition coefficient (Wildman–Crippen LogP) is 1.27. The number of morpholine rings is 1. The number of hydrogen-bond donors (Lipinski definition) is 1. The Balaban J connectivity index is 2.01. The van der Waals surface area contributed by atoms with Crippen LogP contribution in [-0.4, -0.2) is 25.7 Å². The van der Waals surface area contributed by atoms with Gasteiger partial charge in [0.15, 0.2) is 0 Å². The lowest BCUT2D eigenvalue weighted by molar-refractivity contribution is -0.133. The van der Waals surface area contributed by atoms with Crippen molar-refractivity contribution in [2.24, 2.45) is 0 Å². The van der Waals surface area contributed by atoms with Gasteiger partial charge in [-0.2, -0.15) is 0 Å². The van der Waals surface area contributed by atoms with Crippen LogP contribution in [0.1, 0.15) is 18.6 Å². The molecule has 0 radical (unpaired) electrons. The maximum atomic E-state index is 10.9. The Morgan fingerprint density at radius 3 is 2.75 bits per heavy atom. The number of carbonyl (C=O) groups excluding carboxylic acids is 1. The zero-order valence-electron chi connectivity index (χ0n) is 9.23. The Bertz CT molecular complexity index is 351. The second-order valence-corrected chi connectivity index (χ2v) is 3.61. The van der Waals surface area contributed by atoms with E-state index in [-0.39, 0.29) is 18.6 Å². The van der Waals surface area contributed by atoms with Gasteiger partial charge in [-0.25, -0.2) is 0 Å². The zero-order chi connectivity index (χ0) is 11.4. The van der Waals surface area contributed by atoms with E-state index in [0.29, 0.717) is 13.2 Å². The summed E-state index contributed by atoms with van der Waals surface area (Å²) < 4.78 is 10.8. The van der Waals surface area contributed by atoms with Gasteiger partial charge in [-0.15, -0.1) is 0 Å². The first kappa shape index (κ1) is 11.0. The van der Waals surface area contributed by atoms with E-state index in [1.165, 1.54) is 0 Å². The average molecular weight is 221 g/mol. The summed E-state index contributed by atoms with van der Waals surface area (Å²) in [6, 6.07) is 7.76. The molecule has 16 heavy (non-hydrogen) atoms. The van der Waals surface area contributed by atoms with Crippen molar-refractivity contribution in [2.75, 3.05) is 19.8 Å². The van der Waals surface area contributed by atoms with Crippen LogP contribution in [0.4, 0.5) is 0 Å². The van der Waals surface area contributed by atoms with Gasteiger partial charge in [-0.1, -0.05) is 12.1 Å². The molecular weight excluding hydrogens is 206 g/mol. The summed E-state index contributed by atoms with van der Waals surface area (Å²) in [6.45, 7) is 3.29. The van der Waals surface area contributed by atoms with Gasteiger partial charge in [0, 0.05) is 6.54 Å². The minimum Gasteiger partial charge on any atom is -0.494 e. The van der Waals surface area contributed by atoms with Crippen molar-refractivity contribution < 1.29 is 14.3 Å². The first-order valence-corrected chi connectivity index (χ1v) is 5.40. The second-order valence-electron chi connectivity index (χ2n) is 3.61. The third-order valence-electron chi connectivity index (χ3n) is 2.46. The van der Waals surface area contributed by atoms with Crippen LogP contribution in [0, 0.1) is 0 Å². The van der Waals surface area contributed by atoms with Crippen LogP contribution in [0.15, 0.2) is 24.3 Å². The number of rotatable bonds is 3. The fraction of sp³-hybridized carbons (Fsp3) is 0.417. The van der Waals surface area contributed by atoms with E-state index in [9.17, 15) is 4.79 Å². The summed E-state index contributed by atoms with van der Waals surface area (Å²) in [4.78, 5) is 10.9. The van der Waals surface area contributed by atoms with E-state index in [0.717, 1.165) is 11.3 Å². The largest absolute Gasteiger partial charge is 0.494 e. The number of benzene rings is 1. The van der Waals surface area contributed by atoms with Crippen LogP contribution >= 0.6 is 0 Å². The molecular formula is C12H15NO3. The standard InChI is InChI=1S/C12H15NO3/c1-2-15-10-5-3-9(4-6-10)11-7-13-12(14)8-16-11/h3-6,11H,2,7-8H2,1H3,(H,13,14). The van der Waals surface area contributed by atoms with Gasteiger partial charge < -0.3 is 14.8 Å². The van der Waals surface area contributed by atoms with Crippen LogP contribution in [0.5, 0.6) is 5.75 Å². The van der Waals surface area contributed by atoms with Gasteiger partial charge in [0.25, 0.3) is 0 Å². The summed E-state index contributed by atoms with van der Waals surface area (Å²) in [5, 5.41) is 2.78. The van der Waals surface area contributed by atoms with Crippen molar-refractivity contribution >= 4 is 5.91 Å². The molecule has 1 heterocycles. The maximum Gasteiger partial charge on any atom is 0.246 e. The van der Waals surface area contributed by atoms with Crippen molar-refractivity contribution in [1.82, 2.24) is 5.32 Å². The Morgan fingerprint density at radius 2 is 2.19 bits per heavy atom. The van der Waals surface area contributed by atoms with Crippen LogP contribution in [0.3, 0.4) is 0 Å². The molecule has 1 fully saturated rings. The number of ether oxygens (including phenoxy) is 2. The third-order valence-corrected chi connectivity index (χ3v) is 2.46. The molecule has 0 saturated carbocycles. The van der Waals surface area contributed by atoms with Gasteiger partial charge in [-0.05, 0) is 24.6 Å². The molecule has 4 nitrogen and oxygen atoms in total. The summed E-state index contributed by atoms with van der Waals surface area (Å²) in [5.41, 5.74) is 1.06. The van der Waals surface area contributed by atoms with Gasteiger partial charge in [0.2, 0.25) is 5.91 Å². The van der Waals surface area contributed by atoms with Gasteiger partial charge in [-0.3, -0.25) is 4.79 Å². The van der Waals surface area contributed by atoms with Gasteiger partial charge >= 0.3 is 0 Å². The highest BCUT2D eigenvalue weighted by molar-refractivity contribution is 5.77. The molecule has 1 aromatic carbocycles. The molecule has 4 heteroatoms. The zero-order valence-corrected chi connectivity index (χ0v) is 9.23. The number of nitrogens with one attached hydrogen (secondary N) is 1. The van der Waals surface area contributed by atoms with Crippen LogP contribution < -0.4 is 10.1 Å². The van der Waals surface area contributed by atoms with E-state index in [2.05, 4.69) is 5.32 Å².